The van der Waals surface area contributed by atoms with Crippen molar-refractivity contribution >= 4 is 11.4 Å². The normalized spacial score (nSPS) is 10.4. The van der Waals surface area contributed by atoms with Crippen molar-refractivity contribution in [2.24, 2.45) is 0 Å². The fourth-order valence-electron chi connectivity index (χ4n) is 1.28. The lowest BCUT2D eigenvalue weighted by molar-refractivity contribution is -0.384. The fourth-order valence-corrected chi connectivity index (χ4v) is 1.28. The predicted octanol–water partition coefficient (Wildman–Crippen LogP) is 1.29. The summed E-state index contributed by atoms with van der Waals surface area (Å²) < 4.78 is 31.2. The van der Waals surface area contributed by atoms with Gasteiger partial charge in [-0.15, -0.1) is 0 Å². The van der Waals surface area contributed by atoms with E-state index in [0.717, 1.165) is 6.07 Å². The Morgan fingerprint density at radius 3 is 2.72 bits per heavy atom. The van der Waals surface area contributed by atoms with E-state index in [1.165, 1.54) is 0 Å². The lowest BCUT2D eigenvalue weighted by Gasteiger charge is -2.08. The van der Waals surface area contributed by atoms with Crippen LogP contribution < -0.4 is 5.32 Å². The highest BCUT2D eigenvalue weighted by Crippen LogP contribution is 2.28. The summed E-state index contributed by atoms with van der Waals surface area (Å²) in [5, 5.41) is 21.5. The van der Waals surface area contributed by atoms with Crippen LogP contribution in [0.15, 0.2) is 12.1 Å². The number of nitrogens with one attached hydrogen (secondary N) is 1. The first-order chi connectivity index (χ1) is 8.57. The smallest absolute Gasteiger partial charge is 0.295 e. The van der Waals surface area contributed by atoms with E-state index in [0.29, 0.717) is 6.07 Å². The highest BCUT2D eigenvalue weighted by Gasteiger charge is 2.20. The molecule has 1 aromatic carbocycles. The molecular weight excluding hydrogens is 250 g/mol. The number of aliphatic hydroxyl groups is 1. The second-order valence-electron chi connectivity index (χ2n) is 3.28. The molecule has 0 fully saturated rings. The van der Waals surface area contributed by atoms with Crippen LogP contribution in [0.2, 0.25) is 0 Å². The van der Waals surface area contributed by atoms with Crippen LogP contribution in [-0.4, -0.2) is 36.4 Å². The molecule has 0 saturated carbocycles. The van der Waals surface area contributed by atoms with Crippen molar-refractivity contribution in [2.45, 2.75) is 0 Å². The number of nitro groups is 1. The van der Waals surface area contributed by atoms with Gasteiger partial charge in [0.25, 0.3) is 5.69 Å². The molecule has 8 heteroatoms. The molecule has 1 aromatic rings. The number of ether oxygens (including phenoxy) is 1. The molecular formula is C10H12F2N2O4. The number of rotatable bonds is 7. The van der Waals surface area contributed by atoms with Gasteiger partial charge in [-0.25, -0.2) is 8.78 Å². The standard InChI is InChI=1S/C10H12F2N2O4/c11-7-1-2-8(14(16)17)10(9(7)12)13-3-5-18-6-4-15/h1-2,13,15H,3-6H2. The molecule has 0 amide bonds. The minimum Gasteiger partial charge on any atom is -0.394 e. The molecule has 0 radical (unpaired) electrons. The van der Waals surface area contributed by atoms with Crippen molar-refractivity contribution in [1.82, 2.24) is 0 Å². The molecule has 0 saturated heterocycles. The van der Waals surface area contributed by atoms with Gasteiger partial charge in [0, 0.05) is 12.6 Å². The van der Waals surface area contributed by atoms with Gasteiger partial charge in [0.1, 0.15) is 0 Å². The maximum atomic E-state index is 13.4. The quantitative estimate of drug-likeness (QED) is 0.439. The van der Waals surface area contributed by atoms with E-state index in [-0.39, 0.29) is 26.4 Å². The van der Waals surface area contributed by atoms with Crippen molar-refractivity contribution in [1.29, 1.82) is 0 Å². The van der Waals surface area contributed by atoms with Gasteiger partial charge in [-0.3, -0.25) is 10.1 Å². The van der Waals surface area contributed by atoms with Crippen molar-refractivity contribution in [3.05, 3.63) is 33.9 Å². The SMILES string of the molecule is O=[N+]([O-])c1ccc(F)c(F)c1NCCOCCO. The van der Waals surface area contributed by atoms with Gasteiger partial charge in [0.15, 0.2) is 17.3 Å². The molecule has 18 heavy (non-hydrogen) atoms. The van der Waals surface area contributed by atoms with Crippen LogP contribution in [0.4, 0.5) is 20.2 Å². The maximum Gasteiger partial charge on any atom is 0.295 e. The van der Waals surface area contributed by atoms with Crippen LogP contribution >= 0.6 is 0 Å². The fraction of sp³-hybridized carbons (Fsp3) is 0.400. The molecule has 0 aliphatic rings. The molecule has 0 atom stereocenters. The van der Waals surface area contributed by atoms with Gasteiger partial charge in [-0.2, -0.15) is 0 Å². The number of benzene rings is 1. The van der Waals surface area contributed by atoms with Gasteiger partial charge in [-0.05, 0) is 6.07 Å². The third-order valence-electron chi connectivity index (χ3n) is 2.05. The molecule has 1 rings (SSSR count). The zero-order chi connectivity index (χ0) is 13.5. The Bertz CT molecular complexity index is 429. The zero-order valence-electron chi connectivity index (χ0n) is 9.36. The Balaban J connectivity index is 2.73. The predicted molar refractivity (Wildman–Crippen MR) is 59.4 cm³/mol. The molecule has 2 N–H and O–H groups in total. The number of halogens is 2. The van der Waals surface area contributed by atoms with Gasteiger partial charge in [0.2, 0.25) is 0 Å². The Hall–Kier alpha value is -1.80. The van der Waals surface area contributed by atoms with Crippen molar-refractivity contribution in [3.8, 4) is 0 Å². The maximum absolute atomic E-state index is 13.4. The van der Waals surface area contributed by atoms with Crippen LogP contribution in [0.25, 0.3) is 0 Å². The van der Waals surface area contributed by atoms with Crippen LogP contribution in [-0.2, 0) is 4.74 Å². The molecule has 0 aliphatic heterocycles. The Labute approximate surface area is 101 Å². The number of nitro benzene ring substituents is 1. The van der Waals surface area contributed by atoms with E-state index >= 15 is 0 Å². The van der Waals surface area contributed by atoms with E-state index in [2.05, 4.69) is 5.32 Å². The van der Waals surface area contributed by atoms with Crippen molar-refractivity contribution < 1.29 is 23.5 Å². The summed E-state index contributed by atoms with van der Waals surface area (Å²) >= 11 is 0. The van der Waals surface area contributed by atoms with Crippen LogP contribution in [0.1, 0.15) is 0 Å². The highest BCUT2D eigenvalue weighted by molar-refractivity contribution is 5.62. The molecule has 6 nitrogen and oxygen atoms in total. The molecule has 0 aliphatic carbocycles. The monoisotopic (exact) mass is 262 g/mol. The molecule has 0 spiro atoms. The summed E-state index contributed by atoms with van der Waals surface area (Å²) in [4.78, 5) is 9.83. The number of nitrogens with zero attached hydrogens (tertiary/aromatic N) is 1. The average Bonchev–Trinajstić information content (AvgIpc) is 2.33. The zero-order valence-corrected chi connectivity index (χ0v) is 9.36. The minimum atomic E-state index is -1.30. The second kappa shape index (κ2) is 6.82. The van der Waals surface area contributed by atoms with E-state index in [1.54, 1.807) is 0 Å². The minimum absolute atomic E-state index is 0.0568. The summed E-state index contributed by atoms with van der Waals surface area (Å²) in [5.41, 5.74) is -1.05. The first-order valence-corrected chi connectivity index (χ1v) is 5.12. The summed E-state index contributed by atoms with van der Waals surface area (Å²) in [6.07, 6.45) is 0. The van der Waals surface area contributed by atoms with E-state index in [1.807, 2.05) is 0 Å². The molecule has 100 valence electrons. The number of aliphatic hydroxyl groups excluding tert-OH is 1. The molecule has 0 heterocycles. The van der Waals surface area contributed by atoms with Crippen LogP contribution in [0, 0.1) is 21.7 Å². The molecule has 0 aromatic heterocycles. The third kappa shape index (κ3) is 3.60. The van der Waals surface area contributed by atoms with Crippen molar-refractivity contribution in [2.75, 3.05) is 31.7 Å². The van der Waals surface area contributed by atoms with Crippen LogP contribution in [0.3, 0.4) is 0 Å². The Morgan fingerprint density at radius 2 is 2.11 bits per heavy atom. The summed E-state index contributed by atoms with van der Waals surface area (Å²) in [6, 6.07) is 1.58. The highest BCUT2D eigenvalue weighted by atomic mass is 19.2. The van der Waals surface area contributed by atoms with E-state index in [4.69, 9.17) is 9.84 Å². The third-order valence-corrected chi connectivity index (χ3v) is 2.05. The van der Waals surface area contributed by atoms with Gasteiger partial charge >= 0.3 is 0 Å². The molecule has 0 unspecified atom stereocenters. The largest absolute Gasteiger partial charge is 0.394 e. The second-order valence-corrected chi connectivity index (χ2v) is 3.28. The number of hydrogen-bond acceptors (Lipinski definition) is 5. The number of anilines is 1. The van der Waals surface area contributed by atoms with Crippen molar-refractivity contribution in [3.63, 3.8) is 0 Å². The van der Waals surface area contributed by atoms with Gasteiger partial charge in [0.05, 0.1) is 24.7 Å². The van der Waals surface area contributed by atoms with E-state index in [9.17, 15) is 18.9 Å². The van der Waals surface area contributed by atoms with Gasteiger partial charge in [-0.1, -0.05) is 0 Å². The number of hydrogen-bond donors (Lipinski definition) is 2. The summed E-state index contributed by atoms with van der Waals surface area (Å²) in [6.45, 7) is 0.110. The Kier molecular flexibility index (Phi) is 5.40. The average molecular weight is 262 g/mol. The van der Waals surface area contributed by atoms with Crippen LogP contribution in [0.5, 0.6) is 0 Å². The Morgan fingerprint density at radius 1 is 1.39 bits per heavy atom. The van der Waals surface area contributed by atoms with E-state index < -0.39 is 27.9 Å². The first-order valence-electron chi connectivity index (χ1n) is 5.12. The lowest BCUT2D eigenvalue weighted by atomic mass is 10.2. The first kappa shape index (κ1) is 14.3. The topological polar surface area (TPSA) is 84.6 Å². The summed E-state index contributed by atoms with van der Waals surface area (Å²) in [7, 11) is 0. The van der Waals surface area contributed by atoms with Gasteiger partial charge < -0.3 is 15.2 Å². The lowest BCUT2D eigenvalue weighted by Crippen LogP contribution is -2.13. The summed E-state index contributed by atoms with van der Waals surface area (Å²) in [5.74, 6) is -2.47. The molecule has 0 bridgehead atoms.